The SMILES string of the molecule is CCN(CCCS(=O)(=O)O)c1ccc2nc3c(cc(NCCCS(=O)(=O)O)c4ccc(=O)cc43)oc2c1. The van der Waals surface area contributed by atoms with Gasteiger partial charge in [0.2, 0.25) is 0 Å². The van der Waals surface area contributed by atoms with Crippen molar-refractivity contribution in [1.29, 1.82) is 0 Å². The lowest BCUT2D eigenvalue weighted by atomic mass is 10.1. The van der Waals surface area contributed by atoms with Crippen molar-refractivity contribution in [2.75, 3.05) is 41.4 Å². The van der Waals surface area contributed by atoms with Crippen molar-refractivity contribution in [2.24, 2.45) is 0 Å². The fraction of sp³-hybridized carbons (Fsp3) is 0.333. The molecule has 3 N–H and O–H groups in total. The number of hydrogen-bond acceptors (Lipinski definition) is 9. The van der Waals surface area contributed by atoms with E-state index in [4.69, 9.17) is 18.5 Å². The molecule has 13 heteroatoms. The smallest absolute Gasteiger partial charge is 0.264 e. The first-order valence-corrected chi connectivity index (χ1v) is 14.9. The molecule has 3 aromatic carbocycles. The summed E-state index contributed by atoms with van der Waals surface area (Å²) in [5.41, 5.74) is 3.18. The van der Waals surface area contributed by atoms with Gasteiger partial charge >= 0.3 is 0 Å². The van der Waals surface area contributed by atoms with Crippen LogP contribution < -0.4 is 15.6 Å². The second-order valence-corrected chi connectivity index (χ2v) is 11.8. The molecule has 0 fully saturated rings. The summed E-state index contributed by atoms with van der Waals surface area (Å²) in [7, 11) is -8.10. The molecule has 11 nitrogen and oxygen atoms in total. The second-order valence-electron chi connectivity index (χ2n) is 8.63. The lowest BCUT2D eigenvalue weighted by Gasteiger charge is -2.23. The molecule has 1 heterocycles. The van der Waals surface area contributed by atoms with Crippen LogP contribution in [-0.4, -0.2) is 62.1 Å². The van der Waals surface area contributed by atoms with Crippen LogP contribution in [-0.2, 0) is 20.2 Å². The molecule has 1 aromatic heterocycles. The fourth-order valence-corrected chi connectivity index (χ4v) is 5.20. The molecular weight excluding hydrogens is 522 g/mol. The highest BCUT2D eigenvalue weighted by molar-refractivity contribution is 7.86. The Balaban J connectivity index is 1.73. The molecule has 0 unspecified atom stereocenters. The molecule has 0 saturated heterocycles. The molecule has 37 heavy (non-hydrogen) atoms. The second kappa shape index (κ2) is 10.6. The van der Waals surface area contributed by atoms with E-state index in [2.05, 4.69) is 5.32 Å². The number of anilines is 2. The van der Waals surface area contributed by atoms with Gasteiger partial charge in [-0.05, 0) is 50.1 Å². The number of benzene rings is 3. The minimum Gasteiger partial charge on any atom is -0.453 e. The van der Waals surface area contributed by atoms with E-state index < -0.39 is 20.2 Å². The third-order valence-electron chi connectivity index (χ3n) is 5.91. The number of aromatic nitrogens is 1. The van der Waals surface area contributed by atoms with Gasteiger partial charge in [0.05, 0.1) is 11.5 Å². The van der Waals surface area contributed by atoms with Gasteiger partial charge in [0.1, 0.15) is 11.0 Å². The Morgan fingerprint density at radius 2 is 1.65 bits per heavy atom. The van der Waals surface area contributed by atoms with Crippen molar-refractivity contribution in [2.45, 2.75) is 19.8 Å². The van der Waals surface area contributed by atoms with E-state index in [0.717, 1.165) is 5.69 Å². The maximum Gasteiger partial charge on any atom is 0.264 e. The summed E-state index contributed by atoms with van der Waals surface area (Å²) < 4.78 is 68.3. The molecule has 198 valence electrons. The Morgan fingerprint density at radius 3 is 2.35 bits per heavy atom. The van der Waals surface area contributed by atoms with Crippen molar-refractivity contribution >= 4 is 64.6 Å². The van der Waals surface area contributed by atoms with Crippen LogP contribution in [0.4, 0.5) is 11.4 Å². The van der Waals surface area contributed by atoms with E-state index in [1.807, 2.05) is 17.9 Å². The van der Waals surface area contributed by atoms with Crippen LogP contribution in [0.5, 0.6) is 0 Å². The van der Waals surface area contributed by atoms with Gasteiger partial charge in [-0.2, -0.15) is 16.8 Å². The van der Waals surface area contributed by atoms with Gasteiger partial charge < -0.3 is 14.6 Å². The predicted molar refractivity (Wildman–Crippen MR) is 144 cm³/mol. The largest absolute Gasteiger partial charge is 0.453 e. The molecular formula is C24H27N3O8S2. The number of fused-ring (bicyclic) bond motifs is 4. The molecule has 4 aromatic rings. The maximum absolute atomic E-state index is 12.1. The van der Waals surface area contributed by atoms with Crippen molar-refractivity contribution in [3.8, 4) is 0 Å². The Kier molecular flexibility index (Phi) is 7.69. The van der Waals surface area contributed by atoms with Crippen LogP contribution in [0.15, 0.2) is 51.7 Å². The summed E-state index contributed by atoms with van der Waals surface area (Å²) in [5.74, 6) is -0.712. The maximum atomic E-state index is 12.1. The van der Waals surface area contributed by atoms with Gasteiger partial charge in [-0.15, -0.1) is 0 Å². The topological polar surface area (TPSA) is 167 Å². The number of nitrogens with zero attached hydrogens (tertiary/aromatic N) is 2. The Hall–Kier alpha value is -3.26. The highest BCUT2D eigenvalue weighted by Crippen LogP contribution is 2.33. The van der Waals surface area contributed by atoms with Crippen molar-refractivity contribution in [3.63, 3.8) is 0 Å². The van der Waals surface area contributed by atoms with Gasteiger partial charge in [0, 0.05) is 53.9 Å². The van der Waals surface area contributed by atoms with Crippen LogP contribution in [0.1, 0.15) is 19.8 Å². The highest BCUT2D eigenvalue weighted by Gasteiger charge is 2.14. The van der Waals surface area contributed by atoms with Crippen molar-refractivity contribution in [3.05, 3.63) is 52.7 Å². The number of nitrogens with one attached hydrogen (secondary N) is 1. The molecule has 0 aliphatic carbocycles. The van der Waals surface area contributed by atoms with Crippen LogP contribution >= 0.6 is 0 Å². The van der Waals surface area contributed by atoms with E-state index in [0.29, 0.717) is 51.7 Å². The van der Waals surface area contributed by atoms with Crippen molar-refractivity contribution < 1.29 is 30.4 Å². The lowest BCUT2D eigenvalue weighted by Crippen LogP contribution is -2.25. The molecule has 0 bridgehead atoms. The molecule has 0 spiro atoms. The average molecular weight is 550 g/mol. The lowest BCUT2D eigenvalue weighted by molar-refractivity contribution is 0.479. The standard InChI is InChI=1S/C24H27N3O8S2/c1-2-27(10-4-12-37(32,33)34)16-5-8-20-22(13-16)35-23-15-21(25-9-3-11-36(29,30)31)18-7-6-17(28)14-19(18)24(23)26-20/h5-8,13-15,25H,2-4,9-12H2,1H3,(H,29,30,31)(H,32,33,34). The van der Waals surface area contributed by atoms with Gasteiger partial charge in [-0.3, -0.25) is 13.9 Å². The first kappa shape index (κ1) is 26.8. The molecule has 0 atom stereocenters. The zero-order valence-corrected chi connectivity index (χ0v) is 21.7. The quantitative estimate of drug-likeness (QED) is 0.109. The van der Waals surface area contributed by atoms with Gasteiger partial charge in [-0.1, -0.05) is 0 Å². The zero-order valence-electron chi connectivity index (χ0n) is 20.0. The molecule has 0 aliphatic heterocycles. The van der Waals surface area contributed by atoms with Crippen LogP contribution in [0.25, 0.3) is 33.0 Å². The highest BCUT2D eigenvalue weighted by atomic mass is 32.2. The van der Waals surface area contributed by atoms with E-state index in [-0.39, 0.29) is 36.3 Å². The van der Waals surface area contributed by atoms with Crippen LogP contribution in [0, 0.1) is 0 Å². The molecule has 0 radical (unpaired) electrons. The number of rotatable bonds is 11. The van der Waals surface area contributed by atoms with Gasteiger partial charge in [0.25, 0.3) is 20.2 Å². The molecule has 0 aliphatic rings. The zero-order chi connectivity index (χ0) is 26.8. The first-order chi connectivity index (χ1) is 17.4. The fourth-order valence-electron chi connectivity index (χ4n) is 4.20. The normalized spacial score (nSPS) is 12.4. The molecule has 0 saturated carbocycles. The van der Waals surface area contributed by atoms with Crippen LogP contribution in [0.3, 0.4) is 0 Å². The summed E-state index contributed by atoms with van der Waals surface area (Å²) in [6, 6.07) is 11.7. The summed E-state index contributed by atoms with van der Waals surface area (Å²) in [5, 5.41) is 4.45. The molecule has 0 amide bonds. The first-order valence-electron chi connectivity index (χ1n) is 11.6. The molecule has 4 rings (SSSR count). The van der Waals surface area contributed by atoms with E-state index in [1.54, 1.807) is 24.3 Å². The van der Waals surface area contributed by atoms with Crippen LogP contribution in [0.2, 0.25) is 0 Å². The van der Waals surface area contributed by atoms with Gasteiger partial charge in [0.15, 0.2) is 16.6 Å². The average Bonchev–Trinajstić information content (AvgIpc) is 2.81. The van der Waals surface area contributed by atoms with E-state index >= 15 is 0 Å². The Bertz CT molecular complexity index is 1730. The Morgan fingerprint density at radius 1 is 0.919 bits per heavy atom. The number of hydrogen-bond donors (Lipinski definition) is 3. The third-order valence-corrected chi connectivity index (χ3v) is 7.52. The Labute approximate surface area is 213 Å². The van der Waals surface area contributed by atoms with E-state index in [9.17, 15) is 21.6 Å². The third kappa shape index (κ3) is 6.74. The van der Waals surface area contributed by atoms with Gasteiger partial charge in [-0.25, -0.2) is 4.98 Å². The predicted octanol–water partition coefficient (Wildman–Crippen LogP) is 3.29. The minimum absolute atomic E-state index is 0.179. The van der Waals surface area contributed by atoms with Crippen molar-refractivity contribution in [1.82, 2.24) is 4.98 Å². The van der Waals surface area contributed by atoms with E-state index in [1.165, 1.54) is 12.1 Å². The summed E-state index contributed by atoms with van der Waals surface area (Å²) in [6.07, 6.45) is 0.437. The summed E-state index contributed by atoms with van der Waals surface area (Å²) in [4.78, 5) is 18.8. The minimum atomic E-state index is -4.07. The summed E-state index contributed by atoms with van der Waals surface area (Å²) >= 11 is 0. The monoisotopic (exact) mass is 549 g/mol. The summed E-state index contributed by atoms with van der Waals surface area (Å²) in [6.45, 7) is 3.21.